The summed E-state index contributed by atoms with van der Waals surface area (Å²) in [6, 6.07) is 4.45. The number of hydrogen-bond donors (Lipinski definition) is 2. The van der Waals surface area contributed by atoms with Gasteiger partial charge in [0.15, 0.2) is 0 Å². The minimum absolute atomic E-state index is 0.0377. The fraction of sp³-hybridized carbons (Fsp3) is 0.417. The number of amides is 1. The standard InChI is InChI=1S/C12H16BrFN2O2/c1-8(7-18-2)16-12(17)6-15-9-3-4-11(14)10(13)5-9/h3-5,8,15H,6-7H2,1-2H3,(H,16,17). The van der Waals surface area contributed by atoms with Crippen molar-refractivity contribution < 1.29 is 13.9 Å². The van der Waals surface area contributed by atoms with Crippen molar-refractivity contribution in [3.8, 4) is 0 Å². The monoisotopic (exact) mass is 318 g/mol. The van der Waals surface area contributed by atoms with E-state index in [1.54, 1.807) is 19.2 Å². The first-order valence-electron chi connectivity index (χ1n) is 5.50. The van der Waals surface area contributed by atoms with E-state index in [0.717, 1.165) is 0 Å². The zero-order valence-electron chi connectivity index (χ0n) is 10.3. The van der Waals surface area contributed by atoms with Gasteiger partial charge >= 0.3 is 0 Å². The third-order valence-corrected chi connectivity index (χ3v) is 2.80. The van der Waals surface area contributed by atoms with E-state index in [-0.39, 0.29) is 24.3 Å². The van der Waals surface area contributed by atoms with Crippen molar-refractivity contribution >= 4 is 27.5 Å². The summed E-state index contributed by atoms with van der Waals surface area (Å²) in [5.41, 5.74) is 0.679. The number of methoxy groups -OCH3 is 1. The highest BCUT2D eigenvalue weighted by Gasteiger charge is 2.07. The highest BCUT2D eigenvalue weighted by atomic mass is 79.9. The SMILES string of the molecule is COCC(C)NC(=O)CNc1ccc(F)c(Br)c1. The smallest absolute Gasteiger partial charge is 0.239 e. The normalized spacial score (nSPS) is 12.0. The Labute approximate surface area is 114 Å². The molecule has 0 aromatic heterocycles. The Bertz CT molecular complexity index is 415. The average Bonchev–Trinajstić information content (AvgIpc) is 2.31. The lowest BCUT2D eigenvalue weighted by Gasteiger charge is -2.13. The second kappa shape index (κ2) is 7.33. The van der Waals surface area contributed by atoms with Gasteiger partial charge in [0.25, 0.3) is 0 Å². The molecule has 0 radical (unpaired) electrons. The number of carbonyl (C=O) groups excluding carboxylic acids is 1. The van der Waals surface area contributed by atoms with Crippen molar-refractivity contribution in [3.63, 3.8) is 0 Å². The summed E-state index contributed by atoms with van der Waals surface area (Å²) in [6.45, 7) is 2.45. The van der Waals surface area contributed by atoms with E-state index in [0.29, 0.717) is 16.8 Å². The molecule has 0 aliphatic rings. The van der Waals surface area contributed by atoms with Gasteiger partial charge < -0.3 is 15.4 Å². The Hall–Kier alpha value is -1.14. The van der Waals surface area contributed by atoms with E-state index in [2.05, 4.69) is 26.6 Å². The molecule has 0 bridgehead atoms. The number of ether oxygens (including phenoxy) is 1. The first-order valence-corrected chi connectivity index (χ1v) is 6.29. The molecule has 2 N–H and O–H groups in total. The van der Waals surface area contributed by atoms with Gasteiger partial charge in [-0.2, -0.15) is 0 Å². The lowest BCUT2D eigenvalue weighted by Crippen LogP contribution is -2.39. The first kappa shape index (κ1) is 14.9. The van der Waals surface area contributed by atoms with Gasteiger partial charge in [0.2, 0.25) is 5.91 Å². The van der Waals surface area contributed by atoms with E-state index in [1.807, 2.05) is 6.92 Å². The molecule has 0 aliphatic carbocycles. The predicted octanol–water partition coefficient (Wildman–Crippen LogP) is 2.15. The van der Waals surface area contributed by atoms with Crippen LogP contribution in [0.1, 0.15) is 6.92 Å². The van der Waals surface area contributed by atoms with E-state index in [9.17, 15) is 9.18 Å². The fourth-order valence-corrected chi connectivity index (χ4v) is 1.78. The molecular weight excluding hydrogens is 303 g/mol. The van der Waals surface area contributed by atoms with Crippen LogP contribution in [0.3, 0.4) is 0 Å². The topological polar surface area (TPSA) is 50.4 Å². The van der Waals surface area contributed by atoms with Crippen molar-refractivity contribution in [1.29, 1.82) is 0 Å². The third-order valence-electron chi connectivity index (χ3n) is 2.20. The van der Waals surface area contributed by atoms with E-state index >= 15 is 0 Å². The molecule has 100 valence electrons. The summed E-state index contributed by atoms with van der Waals surface area (Å²) in [4.78, 5) is 11.5. The lowest BCUT2D eigenvalue weighted by molar-refractivity contribution is -0.120. The van der Waals surface area contributed by atoms with Crippen LogP contribution < -0.4 is 10.6 Å². The van der Waals surface area contributed by atoms with Crippen LogP contribution in [0.2, 0.25) is 0 Å². The number of halogens is 2. The Morgan fingerprint density at radius 1 is 1.56 bits per heavy atom. The average molecular weight is 319 g/mol. The van der Waals surface area contributed by atoms with Gasteiger partial charge in [-0.25, -0.2) is 4.39 Å². The molecule has 0 saturated heterocycles. The molecule has 4 nitrogen and oxygen atoms in total. The van der Waals surface area contributed by atoms with Gasteiger partial charge in [0.05, 0.1) is 17.6 Å². The maximum atomic E-state index is 13.0. The van der Waals surface area contributed by atoms with Gasteiger partial charge in [-0.1, -0.05) is 0 Å². The Balaban J connectivity index is 2.40. The van der Waals surface area contributed by atoms with Crippen LogP contribution in [0.4, 0.5) is 10.1 Å². The van der Waals surface area contributed by atoms with Crippen LogP contribution >= 0.6 is 15.9 Å². The number of rotatable bonds is 6. The Kier molecular flexibility index (Phi) is 6.07. The second-order valence-electron chi connectivity index (χ2n) is 3.91. The molecule has 1 aromatic carbocycles. The highest BCUT2D eigenvalue weighted by Crippen LogP contribution is 2.19. The molecule has 1 amide bonds. The van der Waals surface area contributed by atoms with Gasteiger partial charge in [-0.05, 0) is 41.1 Å². The van der Waals surface area contributed by atoms with Crippen molar-refractivity contribution in [2.75, 3.05) is 25.6 Å². The molecule has 0 saturated carbocycles. The zero-order valence-corrected chi connectivity index (χ0v) is 11.9. The maximum Gasteiger partial charge on any atom is 0.239 e. The number of nitrogens with one attached hydrogen (secondary N) is 2. The molecule has 1 aromatic rings. The molecule has 1 rings (SSSR count). The molecule has 0 fully saturated rings. The zero-order chi connectivity index (χ0) is 13.5. The van der Waals surface area contributed by atoms with Gasteiger partial charge in [0.1, 0.15) is 5.82 Å². The summed E-state index contributed by atoms with van der Waals surface area (Å²) in [6.07, 6.45) is 0. The van der Waals surface area contributed by atoms with E-state index < -0.39 is 0 Å². The van der Waals surface area contributed by atoms with Crippen molar-refractivity contribution in [1.82, 2.24) is 5.32 Å². The summed E-state index contributed by atoms with van der Waals surface area (Å²) in [5.74, 6) is -0.473. The largest absolute Gasteiger partial charge is 0.383 e. The van der Waals surface area contributed by atoms with Crippen LogP contribution in [0.15, 0.2) is 22.7 Å². The van der Waals surface area contributed by atoms with Gasteiger partial charge in [0, 0.05) is 18.8 Å². The summed E-state index contributed by atoms with van der Waals surface area (Å²) in [7, 11) is 1.58. The molecule has 1 unspecified atom stereocenters. The van der Waals surface area contributed by atoms with Gasteiger partial charge in [-0.15, -0.1) is 0 Å². The second-order valence-corrected chi connectivity index (χ2v) is 4.76. The molecule has 1 atom stereocenters. The summed E-state index contributed by atoms with van der Waals surface area (Å²) < 4.78 is 18.3. The fourth-order valence-electron chi connectivity index (χ4n) is 1.41. The van der Waals surface area contributed by atoms with Crippen LogP contribution in [-0.2, 0) is 9.53 Å². The Morgan fingerprint density at radius 3 is 2.89 bits per heavy atom. The maximum absolute atomic E-state index is 13.0. The highest BCUT2D eigenvalue weighted by molar-refractivity contribution is 9.10. The third kappa shape index (κ3) is 5.01. The van der Waals surface area contributed by atoms with Crippen molar-refractivity contribution in [2.45, 2.75) is 13.0 Å². The first-order chi connectivity index (χ1) is 8.52. The molecular formula is C12H16BrFN2O2. The molecule has 6 heteroatoms. The number of benzene rings is 1. The van der Waals surface area contributed by atoms with Crippen LogP contribution in [0.5, 0.6) is 0 Å². The minimum atomic E-state index is -0.335. The predicted molar refractivity (Wildman–Crippen MR) is 72.1 cm³/mol. The lowest BCUT2D eigenvalue weighted by atomic mass is 10.3. The Morgan fingerprint density at radius 2 is 2.28 bits per heavy atom. The van der Waals surface area contributed by atoms with E-state index in [4.69, 9.17) is 4.74 Å². The quantitative estimate of drug-likeness (QED) is 0.845. The number of hydrogen-bond acceptors (Lipinski definition) is 3. The van der Waals surface area contributed by atoms with Crippen LogP contribution in [-0.4, -0.2) is 32.2 Å². The van der Waals surface area contributed by atoms with Crippen molar-refractivity contribution in [2.24, 2.45) is 0 Å². The van der Waals surface area contributed by atoms with Gasteiger partial charge in [-0.3, -0.25) is 4.79 Å². The number of carbonyl (C=O) groups is 1. The van der Waals surface area contributed by atoms with Crippen LogP contribution in [0, 0.1) is 5.82 Å². The molecule has 0 spiro atoms. The van der Waals surface area contributed by atoms with Crippen LogP contribution in [0.25, 0.3) is 0 Å². The summed E-state index contributed by atoms with van der Waals surface area (Å²) in [5, 5.41) is 5.68. The molecule has 0 heterocycles. The molecule has 0 aliphatic heterocycles. The number of anilines is 1. The van der Waals surface area contributed by atoms with Crippen molar-refractivity contribution in [3.05, 3.63) is 28.5 Å². The summed E-state index contributed by atoms with van der Waals surface area (Å²) >= 11 is 3.08. The van der Waals surface area contributed by atoms with E-state index in [1.165, 1.54) is 6.07 Å². The minimum Gasteiger partial charge on any atom is -0.383 e. The molecule has 18 heavy (non-hydrogen) atoms.